The summed E-state index contributed by atoms with van der Waals surface area (Å²) >= 11 is 0. The summed E-state index contributed by atoms with van der Waals surface area (Å²) in [5, 5.41) is 6.29. The molecule has 35 heavy (non-hydrogen) atoms. The van der Waals surface area contributed by atoms with Crippen LogP contribution >= 0.6 is 0 Å². The molecule has 1 heterocycles. The lowest BCUT2D eigenvalue weighted by molar-refractivity contribution is -0.122. The number of nitrogens with one attached hydrogen (secondary N) is 2. The third kappa shape index (κ3) is 5.88. The molecule has 2 amide bonds. The van der Waals surface area contributed by atoms with E-state index in [-0.39, 0.29) is 36.5 Å². The van der Waals surface area contributed by atoms with E-state index < -0.39 is 5.69 Å². The van der Waals surface area contributed by atoms with Gasteiger partial charge in [-0.1, -0.05) is 43.2 Å². The molecule has 8 nitrogen and oxygen atoms in total. The molecule has 2 aromatic carbocycles. The Morgan fingerprint density at radius 2 is 1.63 bits per heavy atom. The van der Waals surface area contributed by atoms with Gasteiger partial charge < -0.3 is 10.6 Å². The van der Waals surface area contributed by atoms with E-state index in [1.54, 1.807) is 30.3 Å². The molecule has 0 saturated heterocycles. The Bertz CT molecular complexity index is 1330. The smallest absolute Gasteiger partial charge is 0.331 e. The molecule has 0 bridgehead atoms. The summed E-state index contributed by atoms with van der Waals surface area (Å²) in [5.74, 6) is -0.326. The molecule has 0 unspecified atom stereocenters. The predicted molar refractivity (Wildman–Crippen MR) is 137 cm³/mol. The molecule has 0 aliphatic heterocycles. The number of hydrogen-bond acceptors (Lipinski definition) is 4. The second kappa shape index (κ2) is 11.2. The molecule has 4 rings (SSSR count). The average molecular weight is 477 g/mol. The van der Waals surface area contributed by atoms with Crippen molar-refractivity contribution in [1.29, 1.82) is 0 Å². The third-order valence-electron chi connectivity index (χ3n) is 6.61. The van der Waals surface area contributed by atoms with Crippen LogP contribution in [-0.4, -0.2) is 27.0 Å². The Hall–Kier alpha value is -3.68. The minimum Gasteiger partial charge on any atom is -0.353 e. The van der Waals surface area contributed by atoms with Crippen LogP contribution in [0, 0.1) is 6.92 Å². The molecule has 1 aromatic heterocycles. The summed E-state index contributed by atoms with van der Waals surface area (Å²) in [6, 6.07) is 14.5. The largest absolute Gasteiger partial charge is 0.353 e. The van der Waals surface area contributed by atoms with Crippen molar-refractivity contribution in [3.05, 3.63) is 74.9 Å². The van der Waals surface area contributed by atoms with Gasteiger partial charge in [-0.2, -0.15) is 0 Å². The number of amides is 2. The zero-order valence-corrected chi connectivity index (χ0v) is 20.1. The molecule has 0 radical (unpaired) electrons. The first-order valence-corrected chi connectivity index (χ1v) is 12.3. The molecule has 8 heteroatoms. The van der Waals surface area contributed by atoms with E-state index in [1.165, 1.54) is 9.13 Å². The second-order valence-electron chi connectivity index (χ2n) is 9.21. The van der Waals surface area contributed by atoms with Crippen molar-refractivity contribution in [3.8, 4) is 0 Å². The van der Waals surface area contributed by atoms with E-state index in [4.69, 9.17) is 0 Å². The Morgan fingerprint density at radius 3 is 2.40 bits per heavy atom. The first kappa shape index (κ1) is 24.4. The van der Waals surface area contributed by atoms with Crippen LogP contribution in [0.1, 0.15) is 50.5 Å². The second-order valence-corrected chi connectivity index (χ2v) is 9.21. The first-order valence-electron chi connectivity index (χ1n) is 12.3. The molecular formula is C27H32N4O4. The van der Waals surface area contributed by atoms with Crippen LogP contribution in [0.4, 0.5) is 5.69 Å². The zero-order chi connectivity index (χ0) is 24.8. The number of anilines is 1. The maximum Gasteiger partial charge on any atom is 0.331 e. The van der Waals surface area contributed by atoms with Gasteiger partial charge in [0.25, 0.3) is 5.56 Å². The predicted octanol–water partition coefficient (Wildman–Crippen LogP) is 3.34. The van der Waals surface area contributed by atoms with Crippen molar-refractivity contribution in [1.82, 2.24) is 14.5 Å². The lowest BCUT2D eigenvalue weighted by Crippen LogP contribution is -2.41. The van der Waals surface area contributed by atoms with Crippen LogP contribution in [-0.2, 0) is 22.7 Å². The van der Waals surface area contributed by atoms with E-state index in [0.29, 0.717) is 35.9 Å². The third-order valence-corrected chi connectivity index (χ3v) is 6.61. The van der Waals surface area contributed by atoms with Crippen molar-refractivity contribution in [2.24, 2.45) is 0 Å². The normalized spacial score (nSPS) is 13.7. The molecule has 1 aliphatic carbocycles. The van der Waals surface area contributed by atoms with E-state index in [2.05, 4.69) is 10.6 Å². The summed E-state index contributed by atoms with van der Waals surface area (Å²) in [6.45, 7) is 1.88. The minimum absolute atomic E-state index is 0.0213. The van der Waals surface area contributed by atoms with Crippen molar-refractivity contribution in [2.75, 3.05) is 5.32 Å². The van der Waals surface area contributed by atoms with Gasteiger partial charge in [-0.3, -0.25) is 23.5 Å². The molecule has 0 spiro atoms. The van der Waals surface area contributed by atoms with Crippen LogP contribution in [0.15, 0.2) is 58.1 Å². The highest BCUT2D eigenvalue weighted by Crippen LogP contribution is 2.18. The fourth-order valence-electron chi connectivity index (χ4n) is 4.69. The van der Waals surface area contributed by atoms with Gasteiger partial charge in [-0.15, -0.1) is 0 Å². The van der Waals surface area contributed by atoms with Gasteiger partial charge in [-0.05, 0) is 56.4 Å². The zero-order valence-electron chi connectivity index (χ0n) is 20.1. The monoisotopic (exact) mass is 476 g/mol. The van der Waals surface area contributed by atoms with Crippen molar-refractivity contribution >= 4 is 28.4 Å². The molecule has 2 N–H and O–H groups in total. The van der Waals surface area contributed by atoms with Crippen LogP contribution in [0.5, 0.6) is 0 Å². The number of fused-ring (bicyclic) bond motifs is 1. The number of carbonyl (C=O) groups excluding carboxylic acids is 2. The number of para-hydroxylation sites is 2. The van der Waals surface area contributed by atoms with E-state index in [1.807, 2.05) is 25.1 Å². The molecule has 1 aliphatic rings. The summed E-state index contributed by atoms with van der Waals surface area (Å²) < 4.78 is 2.52. The Labute approximate surface area is 204 Å². The number of rotatable bonds is 9. The van der Waals surface area contributed by atoms with Crippen LogP contribution in [0.25, 0.3) is 10.9 Å². The maximum absolute atomic E-state index is 13.3. The van der Waals surface area contributed by atoms with Crippen LogP contribution in [0.2, 0.25) is 0 Å². The molecule has 184 valence electrons. The standard InChI is InChI=1S/C27H32N4O4/c1-19-10-2-6-14-22(19)29-25(33)18-31-23-15-7-5-13-21(23)26(34)30(27(31)35)17-9-8-16-24(32)28-20-11-3-4-12-20/h2,5-7,10,13-15,20H,3-4,8-9,11-12,16-18H2,1H3,(H,28,32)(H,29,33). The first-order chi connectivity index (χ1) is 16.9. The topological polar surface area (TPSA) is 102 Å². The fourth-order valence-corrected chi connectivity index (χ4v) is 4.69. The highest BCUT2D eigenvalue weighted by molar-refractivity contribution is 5.92. The van der Waals surface area contributed by atoms with Gasteiger partial charge in [0.2, 0.25) is 11.8 Å². The lowest BCUT2D eigenvalue weighted by Gasteiger charge is -2.15. The van der Waals surface area contributed by atoms with Crippen molar-refractivity contribution < 1.29 is 9.59 Å². The quantitative estimate of drug-likeness (QED) is 0.463. The molecule has 1 saturated carbocycles. The number of nitrogens with zero attached hydrogens (tertiary/aromatic N) is 2. The van der Waals surface area contributed by atoms with Gasteiger partial charge in [0, 0.05) is 24.7 Å². The fraction of sp³-hybridized carbons (Fsp3) is 0.407. The van der Waals surface area contributed by atoms with Gasteiger partial charge >= 0.3 is 5.69 Å². The van der Waals surface area contributed by atoms with Crippen molar-refractivity contribution in [2.45, 2.75) is 71.0 Å². The van der Waals surface area contributed by atoms with E-state index >= 15 is 0 Å². The average Bonchev–Trinajstić information content (AvgIpc) is 3.35. The summed E-state index contributed by atoms with van der Waals surface area (Å²) in [6.07, 6.45) is 5.85. The van der Waals surface area contributed by atoms with Gasteiger partial charge in [0.05, 0.1) is 10.9 Å². The minimum atomic E-state index is -0.524. The Balaban J connectivity index is 1.48. The molecule has 1 fully saturated rings. The Kier molecular flexibility index (Phi) is 7.80. The van der Waals surface area contributed by atoms with E-state index in [9.17, 15) is 19.2 Å². The molecule has 0 atom stereocenters. The Morgan fingerprint density at radius 1 is 0.914 bits per heavy atom. The SMILES string of the molecule is Cc1ccccc1NC(=O)Cn1c(=O)n(CCCCC(=O)NC2CCCC2)c(=O)c2ccccc21. The summed E-state index contributed by atoms with van der Waals surface area (Å²) in [7, 11) is 0. The maximum atomic E-state index is 13.3. The number of hydrogen-bond donors (Lipinski definition) is 2. The van der Waals surface area contributed by atoms with Gasteiger partial charge in [0.1, 0.15) is 6.54 Å². The number of aryl methyl sites for hydroxylation is 1. The summed E-state index contributed by atoms with van der Waals surface area (Å²) in [5.41, 5.74) is 1.12. The number of unbranched alkanes of at least 4 members (excludes halogenated alkanes) is 1. The van der Waals surface area contributed by atoms with Gasteiger partial charge in [-0.25, -0.2) is 4.79 Å². The highest BCUT2D eigenvalue weighted by Gasteiger charge is 2.18. The van der Waals surface area contributed by atoms with Gasteiger partial charge in [0.15, 0.2) is 0 Å². The summed E-state index contributed by atoms with van der Waals surface area (Å²) in [4.78, 5) is 51.3. The van der Waals surface area contributed by atoms with Crippen LogP contribution < -0.4 is 21.9 Å². The molecule has 3 aromatic rings. The van der Waals surface area contributed by atoms with Crippen LogP contribution in [0.3, 0.4) is 0 Å². The highest BCUT2D eigenvalue weighted by atomic mass is 16.2. The van der Waals surface area contributed by atoms with Crippen molar-refractivity contribution in [3.63, 3.8) is 0 Å². The lowest BCUT2D eigenvalue weighted by atomic mass is 10.2. The molecular weight excluding hydrogens is 444 g/mol. The van der Waals surface area contributed by atoms with E-state index in [0.717, 1.165) is 31.2 Å². The number of aromatic nitrogens is 2. The number of carbonyl (C=O) groups is 2. The number of benzene rings is 2.